The molecule has 0 bridgehead atoms. The lowest BCUT2D eigenvalue weighted by Crippen LogP contribution is -2.32. The van der Waals surface area contributed by atoms with Gasteiger partial charge >= 0.3 is 0 Å². The van der Waals surface area contributed by atoms with Gasteiger partial charge in [-0.2, -0.15) is 0 Å². The van der Waals surface area contributed by atoms with Crippen LogP contribution < -0.4 is 0 Å². The zero-order chi connectivity index (χ0) is 10.0. The fourth-order valence-electron chi connectivity index (χ4n) is 2.86. The van der Waals surface area contributed by atoms with E-state index in [2.05, 4.69) is 10.0 Å². The van der Waals surface area contributed by atoms with Gasteiger partial charge in [0.15, 0.2) is 0 Å². The topological polar surface area (TPSA) is 65.8 Å². The first-order valence-electron chi connectivity index (χ1n) is 5.34. The Bertz CT molecular complexity index is 286. The molecule has 4 heteroatoms. The van der Waals surface area contributed by atoms with Gasteiger partial charge in [0.25, 0.3) is 0 Å². The minimum Gasteiger partial charge on any atom is -0.299 e. The van der Waals surface area contributed by atoms with E-state index in [1.807, 2.05) is 0 Å². The summed E-state index contributed by atoms with van der Waals surface area (Å²) in [6, 6.07) is 0.138. The van der Waals surface area contributed by atoms with Crippen LogP contribution in [0.5, 0.6) is 0 Å². The van der Waals surface area contributed by atoms with Crippen LogP contribution in [0.4, 0.5) is 0 Å². The van der Waals surface area contributed by atoms with E-state index in [4.69, 9.17) is 5.53 Å². The Balaban J connectivity index is 2.01. The van der Waals surface area contributed by atoms with Gasteiger partial charge in [-0.05, 0) is 44.1 Å². The lowest BCUT2D eigenvalue weighted by atomic mass is 9.71. The van der Waals surface area contributed by atoms with Crippen molar-refractivity contribution in [3.8, 4) is 0 Å². The Kier molecular flexibility index (Phi) is 2.46. The first kappa shape index (κ1) is 9.53. The predicted molar refractivity (Wildman–Crippen MR) is 52.7 cm³/mol. The van der Waals surface area contributed by atoms with Gasteiger partial charge in [-0.25, -0.2) is 0 Å². The highest BCUT2D eigenvalue weighted by molar-refractivity contribution is 5.86. The summed E-state index contributed by atoms with van der Waals surface area (Å²) >= 11 is 0. The third-order valence-corrected chi connectivity index (χ3v) is 3.78. The normalized spacial score (nSPS) is 37.1. The average Bonchev–Trinajstić information content (AvgIpc) is 2.53. The van der Waals surface area contributed by atoms with E-state index in [-0.39, 0.29) is 11.5 Å². The number of ketones is 1. The van der Waals surface area contributed by atoms with Crippen LogP contribution in [0.1, 0.15) is 44.9 Å². The van der Waals surface area contributed by atoms with E-state index in [9.17, 15) is 4.79 Å². The smallest absolute Gasteiger partial charge is 0.139 e. The number of carbonyl (C=O) groups excluding carboxylic acids is 1. The second-order valence-electron chi connectivity index (χ2n) is 4.49. The third kappa shape index (κ3) is 1.50. The Morgan fingerprint density at radius 1 is 1.36 bits per heavy atom. The van der Waals surface area contributed by atoms with Gasteiger partial charge in [-0.3, -0.25) is 4.79 Å². The van der Waals surface area contributed by atoms with Gasteiger partial charge in [-0.1, -0.05) is 5.11 Å². The van der Waals surface area contributed by atoms with Crippen LogP contribution in [0, 0.1) is 5.41 Å². The molecule has 0 aliphatic heterocycles. The molecule has 0 aromatic heterocycles. The maximum absolute atomic E-state index is 11.7. The molecule has 4 nitrogen and oxygen atoms in total. The highest BCUT2D eigenvalue weighted by Gasteiger charge is 2.43. The van der Waals surface area contributed by atoms with Crippen LogP contribution in [0.2, 0.25) is 0 Å². The molecular formula is C10H15N3O. The van der Waals surface area contributed by atoms with E-state index in [1.54, 1.807) is 0 Å². The molecule has 0 aromatic rings. The molecule has 2 aliphatic rings. The highest BCUT2D eigenvalue weighted by atomic mass is 16.1. The van der Waals surface area contributed by atoms with Crippen molar-refractivity contribution in [2.45, 2.75) is 51.0 Å². The number of hydrogen-bond donors (Lipinski definition) is 0. The van der Waals surface area contributed by atoms with Gasteiger partial charge in [0.2, 0.25) is 0 Å². The largest absolute Gasteiger partial charge is 0.299 e. The number of Topliss-reactive ketones (excluding diaryl/α,β-unsaturated/α-hetero) is 1. The molecule has 0 radical (unpaired) electrons. The standard InChI is InChI=1S/C10H15N3O/c11-13-12-8-3-6-10(7-4-8)5-1-2-9(10)14/h8H,1-7H2. The van der Waals surface area contributed by atoms with Crippen molar-refractivity contribution in [2.75, 3.05) is 0 Å². The van der Waals surface area contributed by atoms with Gasteiger partial charge < -0.3 is 0 Å². The number of rotatable bonds is 1. The van der Waals surface area contributed by atoms with Gasteiger partial charge in [0, 0.05) is 22.8 Å². The molecule has 1 spiro atoms. The van der Waals surface area contributed by atoms with E-state index in [0.29, 0.717) is 5.78 Å². The first-order valence-corrected chi connectivity index (χ1v) is 5.34. The summed E-state index contributed by atoms with van der Waals surface area (Å²) in [7, 11) is 0. The zero-order valence-electron chi connectivity index (χ0n) is 8.28. The van der Waals surface area contributed by atoms with E-state index in [0.717, 1.165) is 44.9 Å². The minimum atomic E-state index is -0.0124. The molecule has 0 unspecified atom stereocenters. The second-order valence-corrected chi connectivity index (χ2v) is 4.49. The predicted octanol–water partition coefficient (Wildman–Crippen LogP) is 2.98. The molecule has 0 aromatic carbocycles. The quantitative estimate of drug-likeness (QED) is 0.358. The zero-order valence-corrected chi connectivity index (χ0v) is 8.28. The molecule has 14 heavy (non-hydrogen) atoms. The Labute approximate surface area is 83.3 Å². The van der Waals surface area contributed by atoms with Crippen molar-refractivity contribution in [1.82, 2.24) is 0 Å². The molecule has 2 saturated carbocycles. The van der Waals surface area contributed by atoms with E-state index >= 15 is 0 Å². The molecule has 76 valence electrons. The molecule has 0 heterocycles. The van der Waals surface area contributed by atoms with Crippen molar-refractivity contribution in [2.24, 2.45) is 10.5 Å². The monoisotopic (exact) mass is 193 g/mol. The lowest BCUT2D eigenvalue weighted by Gasteiger charge is -2.34. The molecule has 2 rings (SSSR count). The molecule has 0 atom stereocenters. The average molecular weight is 193 g/mol. The van der Waals surface area contributed by atoms with Crippen LogP contribution in [-0.4, -0.2) is 11.8 Å². The second kappa shape index (κ2) is 3.62. The summed E-state index contributed by atoms with van der Waals surface area (Å²) in [5.74, 6) is 0.455. The molecule has 0 amide bonds. The summed E-state index contributed by atoms with van der Waals surface area (Å²) in [6.45, 7) is 0. The van der Waals surface area contributed by atoms with Crippen molar-refractivity contribution in [1.29, 1.82) is 0 Å². The number of carbonyl (C=O) groups is 1. The molecule has 2 aliphatic carbocycles. The molecule has 2 fully saturated rings. The Morgan fingerprint density at radius 3 is 2.57 bits per heavy atom. The van der Waals surface area contributed by atoms with Crippen molar-refractivity contribution < 1.29 is 4.79 Å². The lowest BCUT2D eigenvalue weighted by molar-refractivity contribution is -0.127. The van der Waals surface area contributed by atoms with E-state index < -0.39 is 0 Å². The summed E-state index contributed by atoms with van der Waals surface area (Å²) in [5, 5.41) is 3.73. The van der Waals surface area contributed by atoms with Crippen LogP contribution in [0.15, 0.2) is 5.11 Å². The fraction of sp³-hybridized carbons (Fsp3) is 0.900. The maximum Gasteiger partial charge on any atom is 0.139 e. The van der Waals surface area contributed by atoms with Gasteiger partial charge in [-0.15, -0.1) is 0 Å². The van der Waals surface area contributed by atoms with Crippen molar-refractivity contribution in [3.63, 3.8) is 0 Å². The third-order valence-electron chi connectivity index (χ3n) is 3.78. The molecule has 0 saturated heterocycles. The van der Waals surface area contributed by atoms with Crippen LogP contribution in [-0.2, 0) is 4.79 Å². The Hall–Kier alpha value is -1.02. The number of nitrogens with zero attached hydrogens (tertiary/aromatic N) is 3. The number of azide groups is 1. The van der Waals surface area contributed by atoms with Crippen LogP contribution in [0.3, 0.4) is 0 Å². The highest BCUT2D eigenvalue weighted by Crippen LogP contribution is 2.46. The van der Waals surface area contributed by atoms with E-state index in [1.165, 1.54) is 0 Å². The fourth-order valence-corrected chi connectivity index (χ4v) is 2.86. The SMILES string of the molecule is [N-]=[N+]=NC1CCC2(CCCC2=O)CC1. The summed E-state index contributed by atoms with van der Waals surface area (Å²) in [6.07, 6.45) is 6.57. The molecule has 0 N–H and O–H groups in total. The first-order chi connectivity index (χ1) is 6.77. The summed E-state index contributed by atoms with van der Waals surface area (Å²) in [4.78, 5) is 14.5. The van der Waals surface area contributed by atoms with Gasteiger partial charge in [0.1, 0.15) is 5.78 Å². The van der Waals surface area contributed by atoms with Gasteiger partial charge in [0.05, 0.1) is 0 Å². The van der Waals surface area contributed by atoms with Crippen LogP contribution in [0.25, 0.3) is 10.4 Å². The van der Waals surface area contributed by atoms with Crippen molar-refractivity contribution >= 4 is 5.78 Å². The molecular weight excluding hydrogens is 178 g/mol. The maximum atomic E-state index is 11.7. The summed E-state index contributed by atoms with van der Waals surface area (Å²) < 4.78 is 0. The van der Waals surface area contributed by atoms with Crippen LogP contribution >= 0.6 is 0 Å². The summed E-state index contributed by atoms with van der Waals surface area (Å²) in [5.41, 5.74) is 8.31. The minimum absolute atomic E-state index is 0.0124. The number of hydrogen-bond acceptors (Lipinski definition) is 2. The van der Waals surface area contributed by atoms with Crippen molar-refractivity contribution in [3.05, 3.63) is 10.4 Å². The Morgan fingerprint density at radius 2 is 2.07 bits per heavy atom.